The van der Waals surface area contributed by atoms with Gasteiger partial charge in [0.15, 0.2) is 0 Å². The molecule has 0 fully saturated rings. The normalized spacial score (nSPS) is 8.77. The van der Waals surface area contributed by atoms with Crippen LogP contribution in [0.15, 0.2) is 36.5 Å². The van der Waals surface area contributed by atoms with Crippen molar-refractivity contribution in [3.8, 4) is 0 Å². The lowest BCUT2D eigenvalue weighted by atomic mass is 10.1. The molecule has 0 radical (unpaired) electrons. The minimum atomic E-state index is -0.420. The Labute approximate surface area is 78.3 Å². The summed E-state index contributed by atoms with van der Waals surface area (Å²) >= 11 is 0. The number of ether oxygens (including phenoxy) is 2. The van der Waals surface area contributed by atoms with Crippen LogP contribution in [0.4, 0.5) is 0 Å². The quantitative estimate of drug-likeness (QED) is 0.367. The second kappa shape index (κ2) is 6.20. The first-order valence-corrected chi connectivity index (χ1v) is 3.76. The molecule has 13 heavy (non-hydrogen) atoms. The molecule has 0 rings (SSSR count). The van der Waals surface area contributed by atoms with Gasteiger partial charge in [-0.15, -0.1) is 0 Å². The van der Waals surface area contributed by atoms with E-state index in [0.29, 0.717) is 11.1 Å². The lowest BCUT2D eigenvalue weighted by Crippen LogP contribution is -2.11. The molecule has 0 heterocycles. The third-order valence-electron chi connectivity index (χ3n) is 1.51. The zero-order valence-corrected chi connectivity index (χ0v) is 8.00. The van der Waals surface area contributed by atoms with E-state index in [2.05, 4.69) is 17.9 Å². The maximum absolute atomic E-state index is 11.2. The number of allylic oxidation sites excluding steroid dienone is 3. The maximum atomic E-state index is 11.2. The van der Waals surface area contributed by atoms with Gasteiger partial charge in [0, 0.05) is 7.11 Å². The van der Waals surface area contributed by atoms with Crippen LogP contribution in [0.2, 0.25) is 0 Å². The van der Waals surface area contributed by atoms with Crippen molar-refractivity contribution in [1.29, 1.82) is 0 Å². The summed E-state index contributed by atoms with van der Waals surface area (Å²) in [5.74, 6) is -0.420. The Morgan fingerprint density at radius 1 is 1.31 bits per heavy atom. The smallest absolute Gasteiger partial charge is 0.336 e. The number of methoxy groups -OCH3 is 2. The van der Waals surface area contributed by atoms with Gasteiger partial charge < -0.3 is 9.47 Å². The van der Waals surface area contributed by atoms with Crippen LogP contribution in [0.1, 0.15) is 0 Å². The standard InChI is InChI=1S/C10H14O3/c1-5-8(6-2)9(7-12-3)10(11)13-4/h5-6H,1-2,7H2,3-4H3. The number of hydrogen-bond acceptors (Lipinski definition) is 3. The molecular formula is C10H14O3. The number of esters is 1. The summed E-state index contributed by atoms with van der Waals surface area (Å²) < 4.78 is 9.43. The van der Waals surface area contributed by atoms with Crippen LogP contribution in [-0.4, -0.2) is 26.8 Å². The number of carbonyl (C=O) groups is 1. The van der Waals surface area contributed by atoms with E-state index in [0.717, 1.165) is 0 Å². The van der Waals surface area contributed by atoms with Gasteiger partial charge in [0.05, 0.1) is 19.3 Å². The molecule has 0 aromatic carbocycles. The first-order valence-electron chi connectivity index (χ1n) is 3.76. The Morgan fingerprint density at radius 3 is 2.15 bits per heavy atom. The van der Waals surface area contributed by atoms with Crippen LogP contribution in [0.5, 0.6) is 0 Å². The van der Waals surface area contributed by atoms with Crippen LogP contribution in [-0.2, 0) is 14.3 Å². The van der Waals surface area contributed by atoms with Crippen LogP contribution >= 0.6 is 0 Å². The molecule has 0 saturated heterocycles. The Hall–Kier alpha value is -1.35. The van der Waals surface area contributed by atoms with E-state index in [-0.39, 0.29) is 6.61 Å². The fourth-order valence-corrected chi connectivity index (χ4v) is 0.857. The summed E-state index contributed by atoms with van der Waals surface area (Å²) in [4.78, 5) is 11.2. The van der Waals surface area contributed by atoms with E-state index in [1.165, 1.54) is 26.4 Å². The van der Waals surface area contributed by atoms with Crippen molar-refractivity contribution in [3.63, 3.8) is 0 Å². The Bertz CT molecular complexity index is 229. The summed E-state index contributed by atoms with van der Waals surface area (Å²) in [6.07, 6.45) is 3.08. The second-order valence-electron chi connectivity index (χ2n) is 2.27. The molecule has 0 saturated carbocycles. The van der Waals surface area contributed by atoms with Crippen molar-refractivity contribution in [1.82, 2.24) is 0 Å². The number of rotatable bonds is 5. The molecule has 72 valence electrons. The number of carbonyl (C=O) groups excluding carboxylic acids is 1. The maximum Gasteiger partial charge on any atom is 0.336 e. The second-order valence-corrected chi connectivity index (χ2v) is 2.27. The lowest BCUT2D eigenvalue weighted by Gasteiger charge is -2.06. The van der Waals surface area contributed by atoms with Gasteiger partial charge in [0.2, 0.25) is 0 Å². The summed E-state index contributed by atoms with van der Waals surface area (Å²) in [7, 11) is 2.83. The third-order valence-corrected chi connectivity index (χ3v) is 1.51. The van der Waals surface area contributed by atoms with Crippen molar-refractivity contribution in [2.75, 3.05) is 20.8 Å². The molecule has 3 heteroatoms. The zero-order valence-electron chi connectivity index (χ0n) is 8.00. The SMILES string of the molecule is C=CC(C=C)=C(COC)C(=O)OC. The molecule has 0 aliphatic rings. The van der Waals surface area contributed by atoms with E-state index in [4.69, 9.17) is 4.74 Å². The first-order chi connectivity index (χ1) is 6.21. The van der Waals surface area contributed by atoms with Crippen molar-refractivity contribution in [2.45, 2.75) is 0 Å². The van der Waals surface area contributed by atoms with Gasteiger partial charge in [-0.2, -0.15) is 0 Å². The fraction of sp³-hybridized carbons (Fsp3) is 0.300. The predicted octanol–water partition coefficient (Wildman–Crippen LogP) is 1.47. The highest BCUT2D eigenvalue weighted by Crippen LogP contribution is 2.09. The molecule has 0 aromatic heterocycles. The van der Waals surface area contributed by atoms with E-state index in [1.54, 1.807) is 0 Å². The molecule has 0 N–H and O–H groups in total. The highest BCUT2D eigenvalue weighted by Gasteiger charge is 2.11. The van der Waals surface area contributed by atoms with Crippen LogP contribution in [0.3, 0.4) is 0 Å². The average molecular weight is 182 g/mol. The lowest BCUT2D eigenvalue weighted by molar-refractivity contribution is -0.136. The molecule has 0 atom stereocenters. The Balaban J connectivity index is 4.94. The molecule has 3 nitrogen and oxygen atoms in total. The first kappa shape index (κ1) is 11.6. The van der Waals surface area contributed by atoms with Gasteiger partial charge in [0.1, 0.15) is 0 Å². The molecule has 0 bridgehead atoms. The van der Waals surface area contributed by atoms with Gasteiger partial charge in [-0.3, -0.25) is 0 Å². The zero-order chi connectivity index (χ0) is 10.3. The van der Waals surface area contributed by atoms with Crippen molar-refractivity contribution >= 4 is 5.97 Å². The highest BCUT2D eigenvalue weighted by atomic mass is 16.5. The molecular weight excluding hydrogens is 168 g/mol. The fourth-order valence-electron chi connectivity index (χ4n) is 0.857. The number of hydrogen-bond donors (Lipinski definition) is 0. The summed E-state index contributed by atoms with van der Waals surface area (Å²) in [6.45, 7) is 7.31. The third kappa shape index (κ3) is 3.25. The van der Waals surface area contributed by atoms with E-state index >= 15 is 0 Å². The Morgan fingerprint density at radius 2 is 1.85 bits per heavy atom. The largest absolute Gasteiger partial charge is 0.466 e. The Kier molecular flexibility index (Phi) is 5.55. The van der Waals surface area contributed by atoms with Gasteiger partial charge in [-0.1, -0.05) is 25.3 Å². The summed E-state index contributed by atoms with van der Waals surface area (Å²) in [5, 5.41) is 0. The van der Waals surface area contributed by atoms with E-state index < -0.39 is 5.97 Å². The van der Waals surface area contributed by atoms with Gasteiger partial charge >= 0.3 is 5.97 Å². The highest BCUT2D eigenvalue weighted by molar-refractivity contribution is 5.90. The molecule has 0 aliphatic heterocycles. The van der Waals surface area contributed by atoms with Crippen LogP contribution in [0.25, 0.3) is 0 Å². The summed E-state index contributed by atoms with van der Waals surface area (Å²) in [6, 6.07) is 0. The van der Waals surface area contributed by atoms with Crippen molar-refractivity contribution in [3.05, 3.63) is 36.5 Å². The van der Waals surface area contributed by atoms with E-state index in [1.807, 2.05) is 0 Å². The van der Waals surface area contributed by atoms with E-state index in [9.17, 15) is 4.79 Å². The molecule has 0 spiro atoms. The summed E-state index contributed by atoms with van der Waals surface area (Å²) in [5.41, 5.74) is 1.06. The monoisotopic (exact) mass is 182 g/mol. The molecule has 0 aromatic rings. The minimum absolute atomic E-state index is 0.194. The average Bonchev–Trinajstić information content (AvgIpc) is 2.17. The molecule has 0 aliphatic carbocycles. The van der Waals surface area contributed by atoms with Crippen LogP contribution in [0, 0.1) is 0 Å². The van der Waals surface area contributed by atoms with Crippen molar-refractivity contribution in [2.24, 2.45) is 0 Å². The topological polar surface area (TPSA) is 35.5 Å². The minimum Gasteiger partial charge on any atom is -0.466 e. The van der Waals surface area contributed by atoms with Gasteiger partial charge in [-0.25, -0.2) is 4.79 Å². The predicted molar refractivity (Wildman–Crippen MR) is 51.3 cm³/mol. The van der Waals surface area contributed by atoms with Gasteiger partial charge in [-0.05, 0) is 5.57 Å². The molecule has 0 amide bonds. The molecule has 0 unspecified atom stereocenters. The van der Waals surface area contributed by atoms with Crippen LogP contribution < -0.4 is 0 Å². The van der Waals surface area contributed by atoms with Crippen molar-refractivity contribution < 1.29 is 14.3 Å². The van der Waals surface area contributed by atoms with Gasteiger partial charge in [0.25, 0.3) is 0 Å².